The molecule has 1 aromatic carbocycles. The van der Waals surface area contributed by atoms with Crippen LogP contribution >= 0.6 is 0 Å². The zero-order chi connectivity index (χ0) is 11.4. The molecule has 0 aromatic heterocycles. The standard InChI is InChI=1S/C13H18FNO/c14-11-4-1-3-10(9-11)13(15)7-6-12-5-2-8-16-12/h1,3-4,9,12-13H,2,5-8,15H2. The van der Waals surface area contributed by atoms with Crippen LogP contribution in [0.15, 0.2) is 24.3 Å². The smallest absolute Gasteiger partial charge is 0.123 e. The van der Waals surface area contributed by atoms with Gasteiger partial charge in [-0.1, -0.05) is 12.1 Å². The van der Waals surface area contributed by atoms with Gasteiger partial charge >= 0.3 is 0 Å². The second-order valence-corrected chi connectivity index (χ2v) is 4.37. The van der Waals surface area contributed by atoms with Crippen LogP contribution < -0.4 is 5.73 Å². The minimum absolute atomic E-state index is 0.0834. The Kier molecular flexibility index (Phi) is 3.91. The number of hydrogen-bond acceptors (Lipinski definition) is 2. The van der Waals surface area contributed by atoms with E-state index in [0.29, 0.717) is 6.10 Å². The maximum atomic E-state index is 13.0. The van der Waals surface area contributed by atoms with Crippen LogP contribution in [0.1, 0.15) is 37.3 Å². The summed E-state index contributed by atoms with van der Waals surface area (Å²) in [5.41, 5.74) is 6.89. The predicted octanol–water partition coefficient (Wildman–Crippen LogP) is 2.78. The monoisotopic (exact) mass is 223 g/mol. The van der Waals surface area contributed by atoms with Gasteiger partial charge in [-0.05, 0) is 43.4 Å². The highest BCUT2D eigenvalue weighted by atomic mass is 19.1. The van der Waals surface area contributed by atoms with Crippen molar-refractivity contribution in [1.82, 2.24) is 0 Å². The molecule has 1 aromatic rings. The third kappa shape index (κ3) is 3.03. The van der Waals surface area contributed by atoms with Crippen molar-refractivity contribution in [3.8, 4) is 0 Å². The van der Waals surface area contributed by atoms with Crippen LogP contribution in [0.3, 0.4) is 0 Å². The maximum Gasteiger partial charge on any atom is 0.123 e. The quantitative estimate of drug-likeness (QED) is 0.851. The molecule has 0 radical (unpaired) electrons. The van der Waals surface area contributed by atoms with Gasteiger partial charge in [0.1, 0.15) is 5.82 Å². The topological polar surface area (TPSA) is 35.2 Å². The van der Waals surface area contributed by atoms with Gasteiger partial charge in [0.05, 0.1) is 6.10 Å². The summed E-state index contributed by atoms with van der Waals surface area (Å²) in [6.45, 7) is 0.875. The van der Waals surface area contributed by atoms with Crippen LogP contribution in [0.25, 0.3) is 0 Å². The van der Waals surface area contributed by atoms with E-state index in [0.717, 1.165) is 37.9 Å². The number of rotatable bonds is 4. The molecular weight excluding hydrogens is 205 g/mol. The fourth-order valence-electron chi connectivity index (χ4n) is 2.14. The Labute approximate surface area is 95.6 Å². The first-order valence-corrected chi connectivity index (χ1v) is 5.88. The summed E-state index contributed by atoms with van der Waals surface area (Å²) in [6.07, 6.45) is 4.47. The Balaban J connectivity index is 1.85. The lowest BCUT2D eigenvalue weighted by Gasteiger charge is -2.15. The molecule has 0 bridgehead atoms. The average Bonchev–Trinajstić information content (AvgIpc) is 2.78. The lowest BCUT2D eigenvalue weighted by molar-refractivity contribution is 0.101. The summed E-state index contributed by atoms with van der Waals surface area (Å²) in [5, 5.41) is 0. The minimum atomic E-state index is -0.218. The zero-order valence-electron chi connectivity index (χ0n) is 9.36. The first-order valence-electron chi connectivity index (χ1n) is 5.88. The molecule has 3 heteroatoms. The van der Waals surface area contributed by atoms with Crippen molar-refractivity contribution in [1.29, 1.82) is 0 Å². The molecule has 0 spiro atoms. The molecule has 1 fully saturated rings. The molecule has 0 amide bonds. The van der Waals surface area contributed by atoms with Crippen molar-refractivity contribution in [2.45, 2.75) is 37.8 Å². The lowest BCUT2D eigenvalue weighted by atomic mass is 10.00. The average molecular weight is 223 g/mol. The Morgan fingerprint density at radius 1 is 1.50 bits per heavy atom. The van der Waals surface area contributed by atoms with E-state index in [1.807, 2.05) is 6.07 Å². The van der Waals surface area contributed by atoms with Gasteiger partial charge < -0.3 is 10.5 Å². The van der Waals surface area contributed by atoms with Gasteiger partial charge in [0.15, 0.2) is 0 Å². The van der Waals surface area contributed by atoms with Crippen molar-refractivity contribution in [3.63, 3.8) is 0 Å². The second-order valence-electron chi connectivity index (χ2n) is 4.37. The van der Waals surface area contributed by atoms with Gasteiger partial charge in [0.25, 0.3) is 0 Å². The molecule has 1 aliphatic rings. The molecule has 1 aliphatic heterocycles. The van der Waals surface area contributed by atoms with E-state index >= 15 is 0 Å². The largest absolute Gasteiger partial charge is 0.378 e. The first kappa shape index (κ1) is 11.6. The Morgan fingerprint density at radius 3 is 3.06 bits per heavy atom. The molecule has 88 valence electrons. The van der Waals surface area contributed by atoms with E-state index in [1.165, 1.54) is 12.1 Å². The highest BCUT2D eigenvalue weighted by Gasteiger charge is 2.17. The Hall–Kier alpha value is -0.930. The van der Waals surface area contributed by atoms with Crippen LogP contribution in [0, 0.1) is 5.82 Å². The van der Waals surface area contributed by atoms with Crippen molar-refractivity contribution < 1.29 is 9.13 Å². The Morgan fingerprint density at radius 2 is 2.38 bits per heavy atom. The number of ether oxygens (including phenoxy) is 1. The highest BCUT2D eigenvalue weighted by Crippen LogP contribution is 2.22. The number of hydrogen-bond donors (Lipinski definition) is 1. The second kappa shape index (κ2) is 5.41. The van der Waals surface area contributed by atoms with Crippen LogP contribution in [0.4, 0.5) is 4.39 Å². The fraction of sp³-hybridized carbons (Fsp3) is 0.538. The summed E-state index contributed by atoms with van der Waals surface area (Å²) in [6, 6.07) is 6.45. The summed E-state index contributed by atoms with van der Waals surface area (Å²) in [7, 11) is 0. The molecule has 0 saturated carbocycles. The van der Waals surface area contributed by atoms with Gasteiger partial charge in [-0.3, -0.25) is 0 Å². The molecule has 0 aliphatic carbocycles. The van der Waals surface area contributed by atoms with E-state index in [4.69, 9.17) is 10.5 Å². The van der Waals surface area contributed by atoms with E-state index in [-0.39, 0.29) is 11.9 Å². The molecule has 2 N–H and O–H groups in total. The SMILES string of the molecule is NC(CCC1CCCO1)c1cccc(F)c1. The summed E-state index contributed by atoms with van der Waals surface area (Å²) in [4.78, 5) is 0. The van der Waals surface area contributed by atoms with E-state index in [2.05, 4.69) is 0 Å². The van der Waals surface area contributed by atoms with Crippen molar-refractivity contribution in [2.75, 3.05) is 6.61 Å². The van der Waals surface area contributed by atoms with E-state index in [1.54, 1.807) is 6.07 Å². The van der Waals surface area contributed by atoms with Crippen molar-refractivity contribution in [2.24, 2.45) is 5.73 Å². The third-order valence-electron chi connectivity index (χ3n) is 3.10. The molecular formula is C13H18FNO. The molecule has 2 atom stereocenters. The summed E-state index contributed by atoms with van der Waals surface area (Å²) < 4.78 is 18.5. The molecule has 2 unspecified atom stereocenters. The van der Waals surface area contributed by atoms with Crippen LogP contribution in [0.2, 0.25) is 0 Å². The van der Waals surface area contributed by atoms with Crippen molar-refractivity contribution >= 4 is 0 Å². The molecule has 1 saturated heterocycles. The normalized spacial score (nSPS) is 22.2. The third-order valence-corrected chi connectivity index (χ3v) is 3.10. The van der Waals surface area contributed by atoms with Gasteiger partial charge in [0, 0.05) is 12.6 Å². The van der Waals surface area contributed by atoms with Crippen LogP contribution in [0.5, 0.6) is 0 Å². The number of benzene rings is 1. The van der Waals surface area contributed by atoms with E-state index in [9.17, 15) is 4.39 Å². The lowest BCUT2D eigenvalue weighted by Crippen LogP contribution is -2.14. The summed E-state index contributed by atoms with van der Waals surface area (Å²) in [5.74, 6) is -0.218. The molecule has 1 heterocycles. The summed E-state index contributed by atoms with van der Waals surface area (Å²) >= 11 is 0. The van der Waals surface area contributed by atoms with Crippen LogP contribution in [-0.4, -0.2) is 12.7 Å². The Bertz CT molecular complexity index is 336. The van der Waals surface area contributed by atoms with Crippen molar-refractivity contribution in [3.05, 3.63) is 35.6 Å². The number of nitrogens with two attached hydrogens (primary N) is 1. The van der Waals surface area contributed by atoms with Gasteiger partial charge in [-0.25, -0.2) is 4.39 Å². The predicted molar refractivity (Wildman–Crippen MR) is 61.5 cm³/mol. The fourth-order valence-corrected chi connectivity index (χ4v) is 2.14. The van der Waals surface area contributed by atoms with Gasteiger partial charge in [0.2, 0.25) is 0 Å². The van der Waals surface area contributed by atoms with Crippen LogP contribution in [-0.2, 0) is 4.74 Å². The maximum absolute atomic E-state index is 13.0. The molecule has 2 nitrogen and oxygen atoms in total. The molecule has 16 heavy (non-hydrogen) atoms. The van der Waals surface area contributed by atoms with Gasteiger partial charge in [-0.2, -0.15) is 0 Å². The number of halogens is 1. The van der Waals surface area contributed by atoms with E-state index < -0.39 is 0 Å². The zero-order valence-corrected chi connectivity index (χ0v) is 9.36. The first-order chi connectivity index (χ1) is 7.75. The minimum Gasteiger partial charge on any atom is -0.378 e. The van der Waals surface area contributed by atoms with Gasteiger partial charge in [-0.15, -0.1) is 0 Å². The highest BCUT2D eigenvalue weighted by molar-refractivity contribution is 5.19. The molecule has 2 rings (SSSR count).